The highest BCUT2D eigenvalue weighted by Crippen LogP contribution is 2.43. The molecule has 0 saturated heterocycles. The molecule has 0 amide bonds. The summed E-state index contributed by atoms with van der Waals surface area (Å²) in [5, 5.41) is 16.4. The normalized spacial score (nSPS) is 18.1. The Morgan fingerprint density at radius 1 is 1.06 bits per heavy atom. The lowest BCUT2D eigenvalue weighted by molar-refractivity contribution is 0.468. The molecule has 0 bridgehead atoms. The van der Waals surface area contributed by atoms with E-state index in [2.05, 4.69) is 48.9 Å². The largest absolute Gasteiger partial charge is 0.341 e. The molecule has 32 heavy (non-hydrogen) atoms. The van der Waals surface area contributed by atoms with Gasteiger partial charge in [-0.05, 0) is 31.7 Å². The maximum Gasteiger partial charge on any atom is 0.180 e. The van der Waals surface area contributed by atoms with Gasteiger partial charge in [0, 0.05) is 11.6 Å². The van der Waals surface area contributed by atoms with Crippen LogP contribution in [0.5, 0.6) is 0 Å². The predicted octanol–water partition coefficient (Wildman–Crippen LogP) is 4.64. The fourth-order valence-electron chi connectivity index (χ4n) is 5.28. The summed E-state index contributed by atoms with van der Waals surface area (Å²) in [5.74, 6) is 3.49. The molecule has 1 atom stereocenters. The van der Waals surface area contributed by atoms with Crippen molar-refractivity contribution in [3.8, 4) is 28.3 Å². The Bertz CT molecular complexity index is 1250. The van der Waals surface area contributed by atoms with Gasteiger partial charge in [0.1, 0.15) is 17.2 Å². The second kappa shape index (κ2) is 7.55. The minimum atomic E-state index is 0.157. The monoisotopic (exact) mass is 426 g/mol. The highest BCUT2D eigenvalue weighted by molar-refractivity contribution is 5.78. The smallest absolute Gasteiger partial charge is 0.180 e. The van der Waals surface area contributed by atoms with Crippen molar-refractivity contribution in [2.24, 2.45) is 0 Å². The van der Waals surface area contributed by atoms with E-state index in [1.807, 2.05) is 37.5 Å². The minimum absolute atomic E-state index is 0.157. The summed E-state index contributed by atoms with van der Waals surface area (Å²) in [6.45, 7) is 4.21. The zero-order valence-electron chi connectivity index (χ0n) is 18.4. The van der Waals surface area contributed by atoms with Crippen LogP contribution in [-0.4, -0.2) is 41.0 Å². The summed E-state index contributed by atoms with van der Waals surface area (Å²) in [4.78, 5) is 12.4. The number of benzene rings is 1. The lowest BCUT2D eigenvalue weighted by Gasteiger charge is -2.41. The van der Waals surface area contributed by atoms with Gasteiger partial charge in [-0.15, -0.1) is 10.2 Å². The molecule has 8 heteroatoms. The summed E-state index contributed by atoms with van der Waals surface area (Å²) in [6, 6.07) is 10.9. The van der Waals surface area contributed by atoms with Crippen molar-refractivity contribution in [1.29, 1.82) is 0 Å². The third-order valence-corrected chi connectivity index (χ3v) is 6.77. The Morgan fingerprint density at radius 3 is 2.66 bits per heavy atom. The number of fused-ring (bicyclic) bond motifs is 3. The molecule has 0 spiro atoms. The maximum atomic E-state index is 5.15. The van der Waals surface area contributed by atoms with Crippen LogP contribution in [0.4, 0.5) is 5.82 Å². The maximum absolute atomic E-state index is 5.15. The van der Waals surface area contributed by atoms with E-state index in [1.165, 1.54) is 25.7 Å². The summed E-state index contributed by atoms with van der Waals surface area (Å²) < 4.78 is 2.13. The van der Waals surface area contributed by atoms with Crippen molar-refractivity contribution >= 4 is 5.82 Å². The van der Waals surface area contributed by atoms with Crippen LogP contribution >= 0.6 is 0 Å². The van der Waals surface area contributed by atoms with E-state index < -0.39 is 0 Å². The quantitative estimate of drug-likeness (QED) is 0.512. The highest BCUT2D eigenvalue weighted by Gasteiger charge is 2.39. The van der Waals surface area contributed by atoms with Gasteiger partial charge in [-0.25, -0.2) is 9.97 Å². The summed E-state index contributed by atoms with van der Waals surface area (Å²) >= 11 is 0. The second-order valence-corrected chi connectivity index (χ2v) is 8.64. The highest BCUT2D eigenvalue weighted by atomic mass is 15.4. The van der Waals surface area contributed by atoms with Gasteiger partial charge in [0.05, 0.1) is 18.4 Å². The van der Waals surface area contributed by atoms with Gasteiger partial charge in [-0.2, -0.15) is 5.10 Å². The molecule has 162 valence electrons. The molecule has 4 heterocycles. The van der Waals surface area contributed by atoms with Crippen molar-refractivity contribution in [3.05, 3.63) is 54.4 Å². The van der Waals surface area contributed by atoms with Gasteiger partial charge in [0.2, 0.25) is 0 Å². The Kier molecular flexibility index (Phi) is 4.52. The van der Waals surface area contributed by atoms with Crippen molar-refractivity contribution in [2.45, 2.75) is 58.0 Å². The first-order valence-corrected chi connectivity index (χ1v) is 11.4. The van der Waals surface area contributed by atoms with Crippen LogP contribution in [0.1, 0.15) is 56.7 Å². The molecule has 1 aliphatic carbocycles. The summed E-state index contributed by atoms with van der Waals surface area (Å²) in [7, 11) is 0. The molecule has 1 N–H and O–H groups in total. The van der Waals surface area contributed by atoms with Crippen molar-refractivity contribution in [3.63, 3.8) is 0 Å². The van der Waals surface area contributed by atoms with Crippen molar-refractivity contribution in [1.82, 2.24) is 34.9 Å². The fourth-order valence-corrected chi connectivity index (χ4v) is 5.28. The van der Waals surface area contributed by atoms with Crippen LogP contribution < -0.4 is 4.90 Å². The van der Waals surface area contributed by atoms with Gasteiger partial charge < -0.3 is 4.90 Å². The Balaban J connectivity index is 1.53. The number of hydrogen-bond acceptors (Lipinski definition) is 6. The molecular weight excluding hydrogens is 400 g/mol. The average molecular weight is 427 g/mol. The predicted molar refractivity (Wildman–Crippen MR) is 122 cm³/mol. The van der Waals surface area contributed by atoms with Crippen molar-refractivity contribution < 1.29 is 0 Å². The first kappa shape index (κ1) is 19.2. The number of anilines is 1. The lowest BCUT2D eigenvalue weighted by Crippen LogP contribution is -2.42. The Labute approximate surface area is 186 Å². The average Bonchev–Trinajstić information content (AvgIpc) is 3.60. The molecule has 2 aliphatic rings. The number of aryl methyl sites for hydroxylation is 1. The molecule has 8 nitrogen and oxygen atoms in total. The van der Waals surface area contributed by atoms with Gasteiger partial charge in [-0.1, -0.05) is 50.1 Å². The second-order valence-electron chi connectivity index (χ2n) is 8.64. The van der Waals surface area contributed by atoms with Crippen LogP contribution in [0, 0.1) is 6.92 Å². The summed E-state index contributed by atoms with van der Waals surface area (Å²) in [6.07, 6.45) is 9.60. The first-order chi connectivity index (χ1) is 15.8. The molecule has 3 aromatic heterocycles. The van der Waals surface area contributed by atoms with E-state index in [0.717, 1.165) is 46.4 Å². The molecule has 1 fully saturated rings. The molecule has 0 radical (unpaired) electrons. The number of nitrogens with one attached hydrogen (secondary N) is 1. The number of hydrogen-bond donors (Lipinski definition) is 1. The van der Waals surface area contributed by atoms with Gasteiger partial charge in [0.15, 0.2) is 17.5 Å². The van der Waals surface area contributed by atoms with Crippen LogP contribution in [-0.2, 0) is 0 Å². The zero-order valence-corrected chi connectivity index (χ0v) is 18.4. The third kappa shape index (κ3) is 2.86. The van der Waals surface area contributed by atoms with E-state index >= 15 is 0 Å². The van der Waals surface area contributed by atoms with Crippen molar-refractivity contribution in [2.75, 3.05) is 4.90 Å². The lowest BCUT2D eigenvalue weighted by atomic mass is 10.0. The molecule has 6 rings (SSSR count). The minimum Gasteiger partial charge on any atom is -0.341 e. The van der Waals surface area contributed by atoms with E-state index in [9.17, 15) is 0 Å². The van der Waals surface area contributed by atoms with Crippen LogP contribution in [0.3, 0.4) is 0 Å². The zero-order chi connectivity index (χ0) is 21.7. The molecule has 1 aromatic carbocycles. The topological polar surface area (TPSA) is 88.4 Å². The number of nitrogens with zero attached hydrogens (tertiary/aromatic N) is 7. The van der Waals surface area contributed by atoms with E-state index in [4.69, 9.17) is 9.97 Å². The van der Waals surface area contributed by atoms with E-state index in [0.29, 0.717) is 11.9 Å². The number of aromatic nitrogens is 7. The van der Waals surface area contributed by atoms with Gasteiger partial charge in [-0.3, -0.25) is 9.67 Å². The first-order valence-electron chi connectivity index (χ1n) is 11.4. The SMILES string of the molecule is CCC1c2nnc(C)n2-c2cnc(-c3[nH]ncc3-c3ccccc3)nc2N1C1CCCC1. The molecular formula is C24H26N8. The molecule has 1 aliphatic heterocycles. The van der Waals surface area contributed by atoms with Gasteiger partial charge in [0.25, 0.3) is 0 Å². The fraction of sp³-hybridized carbons (Fsp3) is 0.375. The number of aromatic amines is 1. The standard InChI is InChI=1S/C24H26N8/c1-3-19-24-30-28-15(2)31(24)20-14-25-22(27-23(20)32(19)17-11-7-8-12-17)21-18(13-26-29-21)16-9-5-4-6-10-16/h4-6,9-10,13-14,17,19H,3,7-8,11-12H2,1-2H3,(H,26,29). The van der Waals surface area contributed by atoms with Crippen LogP contribution in [0.15, 0.2) is 42.7 Å². The Morgan fingerprint density at radius 2 is 1.88 bits per heavy atom. The summed E-state index contributed by atoms with van der Waals surface area (Å²) in [5.41, 5.74) is 3.89. The van der Waals surface area contributed by atoms with E-state index in [-0.39, 0.29) is 6.04 Å². The van der Waals surface area contributed by atoms with Crippen LogP contribution in [0.2, 0.25) is 0 Å². The van der Waals surface area contributed by atoms with Crippen LogP contribution in [0.25, 0.3) is 28.3 Å². The van der Waals surface area contributed by atoms with E-state index in [1.54, 1.807) is 0 Å². The number of rotatable bonds is 4. The third-order valence-electron chi connectivity index (χ3n) is 6.77. The molecule has 1 saturated carbocycles. The Hall–Kier alpha value is -3.55. The molecule has 1 unspecified atom stereocenters. The number of H-pyrrole nitrogens is 1. The van der Waals surface area contributed by atoms with Gasteiger partial charge >= 0.3 is 0 Å². The molecule has 4 aromatic rings.